The lowest BCUT2D eigenvalue weighted by Gasteiger charge is -2.25. The van der Waals surface area contributed by atoms with Crippen LogP contribution in [0.4, 0.5) is 4.39 Å². The Morgan fingerprint density at radius 1 is 1.24 bits per heavy atom. The summed E-state index contributed by atoms with van der Waals surface area (Å²) in [6, 6.07) is 10.4. The molecule has 0 aromatic heterocycles. The van der Waals surface area contributed by atoms with E-state index < -0.39 is 27.4 Å². The van der Waals surface area contributed by atoms with Crippen LogP contribution in [0.3, 0.4) is 0 Å². The number of hydrogen-bond donors (Lipinski definition) is 2. The summed E-state index contributed by atoms with van der Waals surface area (Å²) in [4.78, 5) is 10.6. The van der Waals surface area contributed by atoms with E-state index in [4.69, 9.17) is 9.84 Å². The lowest BCUT2D eigenvalue weighted by atomic mass is 9.99. The average Bonchev–Trinajstić information content (AvgIpc) is 2.60. The van der Waals surface area contributed by atoms with Crippen LogP contribution in [-0.2, 0) is 27.8 Å². The first kappa shape index (κ1) is 17.5. The number of aromatic carboxylic acids is 1. The van der Waals surface area contributed by atoms with Gasteiger partial charge in [-0.3, -0.25) is 0 Å². The quantitative estimate of drug-likeness (QED) is 0.845. The molecule has 0 spiro atoms. The summed E-state index contributed by atoms with van der Waals surface area (Å²) in [6.07, 6.45) is 0.242. The molecular formula is C17H16FNO5S. The topological polar surface area (TPSA) is 92.7 Å². The maximum absolute atomic E-state index is 13.4. The van der Waals surface area contributed by atoms with Crippen LogP contribution in [-0.4, -0.2) is 32.1 Å². The zero-order valence-electron chi connectivity index (χ0n) is 13.1. The minimum Gasteiger partial charge on any atom is -0.478 e. The highest BCUT2D eigenvalue weighted by Crippen LogP contribution is 2.21. The first-order valence-electron chi connectivity index (χ1n) is 7.58. The number of carboxylic acid groups (broad SMARTS) is 1. The van der Waals surface area contributed by atoms with Gasteiger partial charge in [-0.25, -0.2) is 22.3 Å². The van der Waals surface area contributed by atoms with E-state index in [2.05, 4.69) is 4.72 Å². The van der Waals surface area contributed by atoms with Crippen LogP contribution < -0.4 is 4.72 Å². The molecule has 0 saturated carbocycles. The molecule has 1 unspecified atom stereocenters. The zero-order valence-corrected chi connectivity index (χ0v) is 13.9. The monoisotopic (exact) mass is 365 g/mol. The summed E-state index contributed by atoms with van der Waals surface area (Å²) in [6.45, 7) is 0.443. The molecule has 0 bridgehead atoms. The van der Waals surface area contributed by atoms with Gasteiger partial charge < -0.3 is 9.84 Å². The lowest BCUT2D eigenvalue weighted by molar-refractivity contribution is 0.0322. The maximum atomic E-state index is 13.4. The number of ether oxygens (including phenoxy) is 1. The van der Waals surface area contributed by atoms with Crippen LogP contribution in [0.25, 0.3) is 0 Å². The van der Waals surface area contributed by atoms with Crippen molar-refractivity contribution in [1.82, 2.24) is 4.72 Å². The standard InChI is InChI=1S/C17H16FNO5S/c18-16-6-5-14(8-15(16)17(20)21)25(22,23)19-9-13-7-11-3-1-2-4-12(11)10-24-13/h1-6,8,13,19H,7,9-10H2,(H,20,21). The van der Waals surface area contributed by atoms with Crippen LogP contribution in [0.5, 0.6) is 0 Å². The van der Waals surface area contributed by atoms with Gasteiger partial charge >= 0.3 is 5.97 Å². The first-order chi connectivity index (χ1) is 11.9. The van der Waals surface area contributed by atoms with Crippen molar-refractivity contribution in [2.24, 2.45) is 0 Å². The summed E-state index contributed by atoms with van der Waals surface area (Å²) in [5, 5.41) is 8.91. The number of sulfonamides is 1. The van der Waals surface area contributed by atoms with Crippen molar-refractivity contribution in [3.8, 4) is 0 Å². The van der Waals surface area contributed by atoms with E-state index >= 15 is 0 Å². The molecule has 8 heteroatoms. The summed E-state index contributed by atoms with van der Waals surface area (Å²) in [7, 11) is -3.97. The molecule has 1 atom stereocenters. The molecule has 1 aliphatic heterocycles. The van der Waals surface area contributed by atoms with Crippen molar-refractivity contribution in [3.63, 3.8) is 0 Å². The van der Waals surface area contributed by atoms with E-state index in [-0.39, 0.29) is 17.5 Å². The van der Waals surface area contributed by atoms with Crippen molar-refractivity contribution in [2.75, 3.05) is 6.54 Å². The van der Waals surface area contributed by atoms with Gasteiger partial charge in [0.15, 0.2) is 0 Å². The van der Waals surface area contributed by atoms with Crippen LogP contribution >= 0.6 is 0 Å². The highest BCUT2D eigenvalue weighted by atomic mass is 32.2. The van der Waals surface area contributed by atoms with Crippen molar-refractivity contribution in [1.29, 1.82) is 0 Å². The number of hydrogen-bond acceptors (Lipinski definition) is 4. The molecule has 2 aromatic rings. The highest BCUT2D eigenvalue weighted by molar-refractivity contribution is 7.89. The smallest absolute Gasteiger partial charge is 0.338 e. The molecule has 2 N–H and O–H groups in total. The average molecular weight is 365 g/mol. The molecule has 3 rings (SSSR count). The van der Waals surface area contributed by atoms with E-state index in [9.17, 15) is 17.6 Å². The molecule has 0 amide bonds. The molecular weight excluding hydrogens is 349 g/mol. The number of rotatable bonds is 5. The maximum Gasteiger partial charge on any atom is 0.338 e. The minimum atomic E-state index is -3.97. The molecule has 0 aliphatic carbocycles. The second kappa shape index (κ2) is 6.91. The molecule has 0 radical (unpaired) electrons. The van der Waals surface area contributed by atoms with Gasteiger partial charge in [0.25, 0.3) is 0 Å². The number of benzene rings is 2. The Labute approximate surface area is 144 Å². The van der Waals surface area contributed by atoms with E-state index in [1.165, 1.54) is 0 Å². The molecule has 6 nitrogen and oxygen atoms in total. The fraction of sp³-hybridized carbons (Fsp3) is 0.235. The van der Waals surface area contributed by atoms with E-state index in [1.54, 1.807) is 0 Å². The van der Waals surface area contributed by atoms with Crippen LogP contribution in [0.15, 0.2) is 47.4 Å². The Balaban J connectivity index is 1.71. The van der Waals surface area contributed by atoms with E-state index in [0.29, 0.717) is 13.0 Å². The van der Waals surface area contributed by atoms with Crippen LogP contribution in [0.2, 0.25) is 0 Å². The Hall–Kier alpha value is -2.29. The van der Waals surface area contributed by atoms with Gasteiger partial charge in [0.2, 0.25) is 10.0 Å². The molecule has 132 valence electrons. The summed E-state index contributed by atoms with van der Waals surface area (Å²) in [5.74, 6) is -2.51. The molecule has 1 aliphatic rings. The molecule has 0 saturated heterocycles. The minimum absolute atomic E-state index is 0.0381. The third-order valence-corrected chi connectivity index (χ3v) is 5.44. The largest absolute Gasteiger partial charge is 0.478 e. The third kappa shape index (κ3) is 3.87. The van der Waals surface area contributed by atoms with E-state index in [0.717, 1.165) is 29.3 Å². The first-order valence-corrected chi connectivity index (χ1v) is 9.06. The summed E-state index contributed by atoms with van der Waals surface area (Å²) >= 11 is 0. The normalized spacial score (nSPS) is 17.1. The van der Waals surface area contributed by atoms with Gasteiger partial charge in [0.05, 0.1) is 23.2 Å². The van der Waals surface area contributed by atoms with Crippen molar-refractivity contribution < 1.29 is 27.4 Å². The van der Waals surface area contributed by atoms with Gasteiger partial charge in [0, 0.05) is 13.0 Å². The Kier molecular flexibility index (Phi) is 4.85. The molecule has 1 heterocycles. The Morgan fingerprint density at radius 3 is 2.68 bits per heavy atom. The van der Waals surface area contributed by atoms with Gasteiger partial charge in [-0.2, -0.15) is 0 Å². The summed E-state index contributed by atoms with van der Waals surface area (Å²) in [5.41, 5.74) is 1.49. The van der Waals surface area contributed by atoms with Gasteiger partial charge in [-0.1, -0.05) is 24.3 Å². The SMILES string of the molecule is O=C(O)c1cc(S(=O)(=O)NCC2Cc3ccccc3CO2)ccc1F. The Bertz CT molecular complexity index is 913. The van der Waals surface area contributed by atoms with Gasteiger partial charge in [0.1, 0.15) is 5.82 Å². The second-order valence-electron chi connectivity index (χ2n) is 5.70. The number of nitrogens with one attached hydrogen (secondary N) is 1. The number of carbonyl (C=O) groups is 1. The Morgan fingerprint density at radius 2 is 1.96 bits per heavy atom. The fourth-order valence-corrected chi connectivity index (χ4v) is 3.75. The van der Waals surface area contributed by atoms with Crippen molar-refractivity contribution in [2.45, 2.75) is 24.0 Å². The predicted octanol–water partition coefficient (Wildman–Crippen LogP) is 1.94. The molecule has 25 heavy (non-hydrogen) atoms. The number of halogens is 1. The predicted molar refractivity (Wildman–Crippen MR) is 87.3 cm³/mol. The van der Waals surface area contributed by atoms with Crippen molar-refractivity contribution in [3.05, 3.63) is 65.0 Å². The van der Waals surface area contributed by atoms with E-state index in [1.807, 2.05) is 24.3 Å². The highest BCUT2D eigenvalue weighted by Gasteiger charge is 2.23. The number of carboxylic acids is 1. The third-order valence-electron chi connectivity index (χ3n) is 4.02. The van der Waals surface area contributed by atoms with Crippen LogP contribution in [0.1, 0.15) is 21.5 Å². The van der Waals surface area contributed by atoms with Gasteiger partial charge in [-0.15, -0.1) is 0 Å². The molecule has 0 fully saturated rings. The molecule has 2 aromatic carbocycles. The number of fused-ring (bicyclic) bond motifs is 1. The lowest BCUT2D eigenvalue weighted by Crippen LogP contribution is -2.36. The fourth-order valence-electron chi connectivity index (χ4n) is 2.66. The zero-order chi connectivity index (χ0) is 18.0. The summed E-state index contributed by atoms with van der Waals surface area (Å²) < 4.78 is 46.1. The van der Waals surface area contributed by atoms with Crippen LogP contribution in [0, 0.1) is 5.82 Å². The van der Waals surface area contributed by atoms with Gasteiger partial charge in [-0.05, 0) is 29.3 Å². The van der Waals surface area contributed by atoms with Crippen molar-refractivity contribution >= 4 is 16.0 Å². The second-order valence-corrected chi connectivity index (χ2v) is 7.47.